The number of benzene rings is 2. The number of ether oxygens (including phenoxy) is 1. The SMILES string of the molecule is Cc1cc([O-])c(C[NH+](C)C)c2c1C(=O)/C(=C/c1ccccc1F)O2. The van der Waals surface area contributed by atoms with E-state index in [4.69, 9.17) is 4.74 Å². The van der Waals surface area contributed by atoms with Crippen LogP contribution in [0.2, 0.25) is 0 Å². The highest BCUT2D eigenvalue weighted by Crippen LogP contribution is 2.40. The van der Waals surface area contributed by atoms with Crippen molar-refractivity contribution in [3.05, 3.63) is 64.2 Å². The van der Waals surface area contributed by atoms with Gasteiger partial charge in [0, 0.05) is 11.1 Å². The molecule has 1 heterocycles. The molecular weight excluding hydrogens is 309 g/mol. The summed E-state index contributed by atoms with van der Waals surface area (Å²) in [6, 6.07) is 7.61. The predicted molar refractivity (Wildman–Crippen MR) is 86.5 cm³/mol. The molecule has 0 saturated carbocycles. The van der Waals surface area contributed by atoms with Gasteiger partial charge >= 0.3 is 0 Å². The number of rotatable bonds is 3. The third kappa shape index (κ3) is 2.78. The lowest BCUT2D eigenvalue weighted by molar-refractivity contribution is -0.872. The summed E-state index contributed by atoms with van der Waals surface area (Å²) in [5.74, 6) is -0.544. The maximum absolute atomic E-state index is 13.8. The molecule has 124 valence electrons. The standard InChI is InChI=1S/C19H18FNO3/c1-11-8-15(22)13(10-21(2)3)19-17(11)18(23)16(24-19)9-12-6-4-5-7-14(12)20/h4-9,22H,10H2,1-3H3/b16-9-. The first kappa shape index (κ1) is 16.2. The van der Waals surface area contributed by atoms with Crippen molar-refractivity contribution in [1.29, 1.82) is 0 Å². The zero-order chi connectivity index (χ0) is 17.4. The molecule has 4 nitrogen and oxygen atoms in total. The van der Waals surface area contributed by atoms with Crippen molar-refractivity contribution in [2.24, 2.45) is 0 Å². The van der Waals surface area contributed by atoms with Gasteiger partial charge in [0.25, 0.3) is 0 Å². The summed E-state index contributed by atoms with van der Waals surface area (Å²) in [4.78, 5) is 13.7. The molecule has 0 fully saturated rings. The molecule has 0 aliphatic carbocycles. The van der Waals surface area contributed by atoms with Crippen LogP contribution in [0.25, 0.3) is 6.08 Å². The quantitative estimate of drug-likeness (QED) is 0.869. The Morgan fingerprint density at radius 3 is 2.67 bits per heavy atom. The first-order valence-electron chi connectivity index (χ1n) is 7.69. The van der Waals surface area contributed by atoms with E-state index >= 15 is 0 Å². The molecule has 1 N–H and O–H groups in total. The molecule has 0 amide bonds. The summed E-state index contributed by atoms with van der Waals surface area (Å²) >= 11 is 0. The number of carbonyl (C=O) groups excluding carboxylic acids is 1. The van der Waals surface area contributed by atoms with Gasteiger partial charge in [0.1, 0.15) is 18.1 Å². The number of halogens is 1. The maximum atomic E-state index is 13.8. The van der Waals surface area contributed by atoms with Crippen LogP contribution in [-0.2, 0) is 6.54 Å². The molecule has 0 bridgehead atoms. The van der Waals surface area contributed by atoms with E-state index in [2.05, 4.69) is 0 Å². The van der Waals surface area contributed by atoms with Gasteiger partial charge in [0.05, 0.1) is 19.7 Å². The van der Waals surface area contributed by atoms with E-state index in [1.54, 1.807) is 25.1 Å². The van der Waals surface area contributed by atoms with Crippen LogP contribution in [0.15, 0.2) is 36.1 Å². The average Bonchev–Trinajstić information content (AvgIpc) is 2.83. The number of quaternary nitrogens is 1. The van der Waals surface area contributed by atoms with Crippen LogP contribution in [0.4, 0.5) is 4.39 Å². The van der Waals surface area contributed by atoms with Crippen LogP contribution in [0, 0.1) is 12.7 Å². The van der Waals surface area contributed by atoms with Crippen LogP contribution >= 0.6 is 0 Å². The zero-order valence-electron chi connectivity index (χ0n) is 13.8. The van der Waals surface area contributed by atoms with Gasteiger partial charge in [-0.3, -0.25) is 4.79 Å². The highest BCUT2D eigenvalue weighted by molar-refractivity contribution is 6.15. The molecule has 0 unspecified atom stereocenters. The number of hydrogen-bond acceptors (Lipinski definition) is 3. The van der Waals surface area contributed by atoms with Crippen molar-refractivity contribution in [3.8, 4) is 11.5 Å². The summed E-state index contributed by atoms with van der Waals surface area (Å²) in [7, 11) is 3.83. The van der Waals surface area contributed by atoms with Gasteiger partial charge < -0.3 is 14.7 Å². The monoisotopic (exact) mass is 327 g/mol. The number of allylic oxidation sites excluding steroid dienone is 1. The van der Waals surface area contributed by atoms with Crippen molar-refractivity contribution in [3.63, 3.8) is 0 Å². The minimum Gasteiger partial charge on any atom is -0.872 e. The lowest BCUT2D eigenvalue weighted by atomic mass is 9.99. The fourth-order valence-electron chi connectivity index (χ4n) is 2.82. The minimum absolute atomic E-state index is 0.0406. The molecule has 2 aromatic rings. The van der Waals surface area contributed by atoms with Gasteiger partial charge in [0.2, 0.25) is 5.78 Å². The van der Waals surface area contributed by atoms with Crippen LogP contribution in [0.3, 0.4) is 0 Å². The Labute approximate surface area is 139 Å². The van der Waals surface area contributed by atoms with E-state index < -0.39 is 5.82 Å². The largest absolute Gasteiger partial charge is 0.872 e. The van der Waals surface area contributed by atoms with Gasteiger partial charge in [-0.2, -0.15) is 0 Å². The Balaban J connectivity index is 2.10. The number of hydrogen-bond donors (Lipinski definition) is 1. The van der Waals surface area contributed by atoms with E-state index in [-0.39, 0.29) is 22.9 Å². The smallest absolute Gasteiger partial charge is 0.232 e. The molecule has 5 heteroatoms. The average molecular weight is 327 g/mol. The third-order valence-corrected chi connectivity index (χ3v) is 3.93. The van der Waals surface area contributed by atoms with Crippen molar-refractivity contribution in [1.82, 2.24) is 0 Å². The zero-order valence-corrected chi connectivity index (χ0v) is 13.8. The maximum Gasteiger partial charge on any atom is 0.232 e. The molecule has 0 saturated heterocycles. The lowest BCUT2D eigenvalue weighted by Gasteiger charge is -2.19. The molecule has 3 rings (SSSR count). The number of ketones is 1. The Morgan fingerprint density at radius 1 is 1.29 bits per heavy atom. The molecule has 1 aliphatic rings. The summed E-state index contributed by atoms with van der Waals surface area (Å²) < 4.78 is 19.5. The second-order valence-corrected chi connectivity index (χ2v) is 6.22. The van der Waals surface area contributed by atoms with Crippen LogP contribution in [0.1, 0.15) is 27.0 Å². The van der Waals surface area contributed by atoms with E-state index in [0.29, 0.717) is 29.0 Å². The van der Waals surface area contributed by atoms with Crippen molar-refractivity contribution >= 4 is 11.9 Å². The van der Waals surface area contributed by atoms with E-state index in [9.17, 15) is 14.3 Å². The number of Topliss-reactive ketones (excluding diaryl/α,β-unsaturated/α-hetero) is 1. The molecule has 0 spiro atoms. The van der Waals surface area contributed by atoms with Crippen molar-refractivity contribution in [2.45, 2.75) is 13.5 Å². The van der Waals surface area contributed by atoms with Crippen LogP contribution < -0.4 is 14.7 Å². The molecule has 1 aliphatic heterocycles. The van der Waals surface area contributed by atoms with Gasteiger partial charge in [-0.05, 0) is 24.6 Å². The normalized spacial score (nSPS) is 15.0. The number of fused-ring (bicyclic) bond motifs is 1. The van der Waals surface area contributed by atoms with Gasteiger partial charge in [0.15, 0.2) is 5.76 Å². The molecule has 2 aromatic carbocycles. The lowest BCUT2D eigenvalue weighted by Crippen LogP contribution is -3.04. The Kier molecular flexibility index (Phi) is 4.11. The molecule has 0 atom stereocenters. The fourth-order valence-corrected chi connectivity index (χ4v) is 2.82. The molecular formula is C19H18FNO3. The second kappa shape index (κ2) is 6.09. The second-order valence-electron chi connectivity index (χ2n) is 6.22. The molecule has 0 aromatic heterocycles. The summed E-state index contributed by atoms with van der Waals surface area (Å²) in [6.45, 7) is 2.15. The fraction of sp³-hybridized carbons (Fsp3) is 0.211. The molecule has 24 heavy (non-hydrogen) atoms. The van der Waals surface area contributed by atoms with Crippen molar-refractivity contribution < 1.29 is 23.9 Å². The minimum atomic E-state index is -0.434. The van der Waals surface area contributed by atoms with Crippen LogP contribution in [0.5, 0.6) is 11.5 Å². The van der Waals surface area contributed by atoms with E-state index in [1.807, 2.05) is 14.1 Å². The van der Waals surface area contributed by atoms with E-state index in [0.717, 1.165) is 4.90 Å². The van der Waals surface area contributed by atoms with Gasteiger partial charge in [-0.15, -0.1) is 0 Å². The highest BCUT2D eigenvalue weighted by Gasteiger charge is 2.32. The highest BCUT2D eigenvalue weighted by atomic mass is 19.1. The summed E-state index contributed by atoms with van der Waals surface area (Å²) in [5, 5.41) is 12.3. The Morgan fingerprint density at radius 2 is 2.00 bits per heavy atom. The first-order valence-corrected chi connectivity index (χ1v) is 7.69. The van der Waals surface area contributed by atoms with Crippen LogP contribution in [-0.4, -0.2) is 19.9 Å². The third-order valence-electron chi connectivity index (χ3n) is 3.93. The number of carbonyl (C=O) groups is 1. The molecule has 0 radical (unpaired) electrons. The predicted octanol–water partition coefficient (Wildman–Crippen LogP) is 1.47. The summed E-state index contributed by atoms with van der Waals surface area (Å²) in [5.41, 5.74) is 1.72. The Bertz CT molecular complexity index is 856. The first-order chi connectivity index (χ1) is 11.4. The van der Waals surface area contributed by atoms with Gasteiger partial charge in [-0.25, -0.2) is 4.39 Å². The van der Waals surface area contributed by atoms with Gasteiger partial charge in [-0.1, -0.05) is 30.0 Å². The Hall–Kier alpha value is -2.66. The topological polar surface area (TPSA) is 53.8 Å². The van der Waals surface area contributed by atoms with E-state index in [1.165, 1.54) is 18.2 Å². The summed E-state index contributed by atoms with van der Waals surface area (Å²) in [6.07, 6.45) is 1.38. The van der Waals surface area contributed by atoms with Crippen molar-refractivity contribution in [2.75, 3.05) is 14.1 Å². The number of aryl methyl sites for hydroxylation is 1. The number of nitrogens with one attached hydrogen (secondary N) is 1.